The Hall–Kier alpha value is -2.63. The molecule has 2 aromatic heterocycles. The number of benzene rings is 1. The predicted molar refractivity (Wildman–Crippen MR) is 103 cm³/mol. The van der Waals surface area contributed by atoms with E-state index in [1.165, 1.54) is 37.7 Å². The number of anilines is 2. The van der Waals surface area contributed by atoms with Gasteiger partial charge in [-0.05, 0) is 42.9 Å². The number of imidazole rings is 1. The van der Waals surface area contributed by atoms with E-state index < -0.39 is 0 Å². The zero-order valence-electron chi connectivity index (χ0n) is 15.2. The lowest BCUT2D eigenvalue weighted by Gasteiger charge is -2.21. The van der Waals surface area contributed by atoms with Crippen LogP contribution in [0.2, 0.25) is 0 Å². The lowest BCUT2D eigenvalue weighted by atomic mass is 9.90. The molecule has 1 fully saturated rings. The molecule has 6 heteroatoms. The summed E-state index contributed by atoms with van der Waals surface area (Å²) in [6.45, 7) is 2.85. The van der Waals surface area contributed by atoms with Crippen molar-refractivity contribution in [3.05, 3.63) is 36.2 Å². The van der Waals surface area contributed by atoms with Crippen LogP contribution in [-0.2, 0) is 6.42 Å². The van der Waals surface area contributed by atoms with Crippen molar-refractivity contribution in [3.63, 3.8) is 0 Å². The molecule has 2 heterocycles. The van der Waals surface area contributed by atoms with Crippen LogP contribution in [0.5, 0.6) is 5.88 Å². The van der Waals surface area contributed by atoms with Gasteiger partial charge in [0.15, 0.2) is 5.65 Å². The quantitative estimate of drug-likeness (QED) is 0.678. The zero-order valence-corrected chi connectivity index (χ0v) is 15.2. The minimum absolute atomic E-state index is 0.511. The molecule has 6 nitrogen and oxygen atoms in total. The maximum atomic E-state index is 6.08. The number of aromatic nitrogens is 4. The van der Waals surface area contributed by atoms with Crippen molar-refractivity contribution in [1.29, 1.82) is 0 Å². The van der Waals surface area contributed by atoms with Gasteiger partial charge in [-0.15, -0.1) is 0 Å². The standard InChI is InChI=1S/C20H25N5O/c1-2-14-9-6-10-16(11-14)23-20-24-18-17(21-13-22-18)19(25-20)26-12-15-7-4-3-5-8-15/h6,9-11,13,15H,2-5,7-8,12H2,1H3,(H2,21,22,23,24,25). The van der Waals surface area contributed by atoms with Gasteiger partial charge in [0, 0.05) is 5.69 Å². The number of fused-ring (bicyclic) bond motifs is 1. The van der Waals surface area contributed by atoms with E-state index in [1.54, 1.807) is 6.33 Å². The van der Waals surface area contributed by atoms with Crippen molar-refractivity contribution < 1.29 is 4.74 Å². The number of ether oxygens (including phenoxy) is 1. The van der Waals surface area contributed by atoms with Crippen LogP contribution < -0.4 is 10.1 Å². The van der Waals surface area contributed by atoms with E-state index >= 15 is 0 Å². The van der Waals surface area contributed by atoms with Crippen molar-refractivity contribution in [1.82, 2.24) is 19.9 Å². The number of rotatable bonds is 6. The molecule has 1 aliphatic carbocycles. The summed E-state index contributed by atoms with van der Waals surface area (Å²) in [5.74, 6) is 1.71. The van der Waals surface area contributed by atoms with E-state index in [4.69, 9.17) is 4.74 Å². The molecule has 0 aliphatic heterocycles. The molecule has 0 bridgehead atoms. The highest BCUT2D eigenvalue weighted by Gasteiger charge is 2.17. The van der Waals surface area contributed by atoms with Crippen LogP contribution in [0, 0.1) is 5.92 Å². The van der Waals surface area contributed by atoms with Gasteiger partial charge in [0.05, 0.1) is 12.9 Å². The second-order valence-corrected chi connectivity index (χ2v) is 6.95. The van der Waals surface area contributed by atoms with E-state index in [0.29, 0.717) is 30.0 Å². The molecule has 136 valence electrons. The lowest BCUT2D eigenvalue weighted by molar-refractivity contribution is 0.205. The number of hydrogen-bond acceptors (Lipinski definition) is 5. The zero-order chi connectivity index (χ0) is 17.8. The van der Waals surface area contributed by atoms with Crippen molar-refractivity contribution in [2.24, 2.45) is 5.92 Å². The second kappa shape index (κ2) is 7.72. The molecule has 2 N–H and O–H groups in total. The Morgan fingerprint density at radius 1 is 1.19 bits per heavy atom. The molecule has 3 aromatic rings. The highest BCUT2D eigenvalue weighted by Crippen LogP contribution is 2.27. The van der Waals surface area contributed by atoms with E-state index in [9.17, 15) is 0 Å². The topological polar surface area (TPSA) is 75.7 Å². The summed E-state index contributed by atoms with van der Waals surface area (Å²) in [6.07, 6.45) is 9.06. The molecular formula is C20H25N5O. The van der Waals surface area contributed by atoms with Crippen LogP contribution in [0.1, 0.15) is 44.6 Å². The third-order valence-electron chi connectivity index (χ3n) is 5.02. The first-order chi connectivity index (χ1) is 12.8. The summed E-state index contributed by atoms with van der Waals surface area (Å²) in [5, 5.41) is 3.28. The van der Waals surface area contributed by atoms with Crippen LogP contribution in [0.4, 0.5) is 11.6 Å². The summed E-state index contributed by atoms with van der Waals surface area (Å²) in [5.41, 5.74) is 3.61. The number of aryl methyl sites for hydroxylation is 1. The third kappa shape index (κ3) is 3.79. The molecule has 0 spiro atoms. The van der Waals surface area contributed by atoms with E-state index in [1.807, 2.05) is 12.1 Å². The largest absolute Gasteiger partial charge is 0.476 e. The Morgan fingerprint density at radius 2 is 2.08 bits per heavy atom. The van der Waals surface area contributed by atoms with Crippen molar-refractivity contribution >= 4 is 22.8 Å². The number of aromatic amines is 1. The van der Waals surface area contributed by atoms with Gasteiger partial charge in [-0.2, -0.15) is 9.97 Å². The van der Waals surface area contributed by atoms with Crippen molar-refractivity contribution in [2.45, 2.75) is 45.4 Å². The summed E-state index contributed by atoms with van der Waals surface area (Å²) in [6, 6.07) is 8.27. The van der Waals surface area contributed by atoms with Gasteiger partial charge in [-0.25, -0.2) is 4.98 Å². The Morgan fingerprint density at radius 3 is 2.92 bits per heavy atom. The fourth-order valence-electron chi connectivity index (χ4n) is 3.52. The normalized spacial score (nSPS) is 15.3. The summed E-state index contributed by atoms with van der Waals surface area (Å²) < 4.78 is 6.08. The molecule has 0 saturated heterocycles. The second-order valence-electron chi connectivity index (χ2n) is 6.95. The van der Waals surface area contributed by atoms with Crippen LogP contribution in [0.25, 0.3) is 11.2 Å². The van der Waals surface area contributed by atoms with Crippen molar-refractivity contribution in [2.75, 3.05) is 11.9 Å². The Bertz CT molecular complexity index is 870. The molecule has 1 aromatic carbocycles. The first-order valence-electron chi connectivity index (χ1n) is 9.51. The average molecular weight is 351 g/mol. The monoisotopic (exact) mass is 351 g/mol. The van der Waals surface area contributed by atoms with Gasteiger partial charge in [0.2, 0.25) is 11.8 Å². The molecule has 4 rings (SSSR count). The molecule has 1 aliphatic rings. The molecule has 1 saturated carbocycles. The minimum atomic E-state index is 0.511. The molecule has 0 unspecified atom stereocenters. The lowest BCUT2D eigenvalue weighted by Crippen LogP contribution is -2.16. The van der Waals surface area contributed by atoms with Crippen LogP contribution in [-0.4, -0.2) is 26.5 Å². The number of hydrogen-bond donors (Lipinski definition) is 2. The average Bonchev–Trinajstić information content (AvgIpc) is 3.16. The Balaban J connectivity index is 1.55. The minimum Gasteiger partial charge on any atom is -0.476 e. The number of H-pyrrole nitrogens is 1. The Kier molecular flexibility index (Phi) is 5.00. The van der Waals surface area contributed by atoms with Gasteiger partial charge in [0.1, 0.15) is 5.52 Å². The fraction of sp³-hybridized carbons (Fsp3) is 0.450. The Labute approximate surface area is 153 Å². The number of nitrogens with zero attached hydrogens (tertiary/aromatic N) is 3. The fourth-order valence-corrected chi connectivity index (χ4v) is 3.52. The molecule has 0 amide bonds. The smallest absolute Gasteiger partial charge is 0.245 e. The van der Waals surface area contributed by atoms with Gasteiger partial charge < -0.3 is 15.0 Å². The van der Waals surface area contributed by atoms with Crippen LogP contribution in [0.3, 0.4) is 0 Å². The first kappa shape index (κ1) is 16.8. The summed E-state index contributed by atoms with van der Waals surface area (Å²) >= 11 is 0. The maximum absolute atomic E-state index is 6.08. The molecule has 0 atom stereocenters. The molecule has 0 radical (unpaired) electrons. The van der Waals surface area contributed by atoms with E-state index in [2.05, 4.69) is 44.3 Å². The highest BCUT2D eigenvalue weighted by atomic mass is 16.5. The molecule has 26 heavy (non-hydrogen) atoms. The van der Waals surface area contributed by atoms with Gasteiger partial charge in [0.25, 0.3) is 0 Å². The van der Waals surface area contributed by atoms with Crippen LogP contribution >= 0.6 is 0 Å². The summed E-state index contributed by atoms with van der Waals surface area (Å²) in [4.78, 5) is 16.5. The molecular weight excluding hydrogens is 326 g/mol. The van der Waals surface area contributed by atoms with Gasteiger partial charge in [-0.3, -0.25) is 0 Å². The van der Waals surface area contributed by atoms with Crippen molar-refractivity contribution in [3.8, 4) is 5.88 Å². The maximum Gasteiger partial charge on any atom is 0.245 e. The first-order valence-corrected chi connectivity index (χ1v) is 9.51. The SMILES string of the molecule is CCc1cccc(Nc2nc(OCC3CCCCC3)c3[nH]cnc3n2)c1. The van der Waals surface area contributed by atoms with Gasteiger partial charge >= 0.3 is 0 Å². The highest BCUT2D eigenvalue weighted by molar-refractivity contribution is 5.77. The predicted octanol–water partition coefficient (Wildman–Crippen LogP) is 4.62. The van der Waals surface area contributed by atoms with E-state index in [0.717, 1.165) is 17.6 Å². The third-order valence-corrected chi connectivity index (χ3v) is 5.02. The number of nitrogens with one attached hydrogen (secondary N) is 2. The van der Waals surface area contributed by atoms with Crippen LogP contribution in [0.15, 0.2) is 30.6 Å². The van der Waals surface area contributed by atoms with Gasteiger partial charge in [-0.1, -0.05) is 38.3 Å². The van der Waals surface area contributed by atoms with E-state index in [-0.39, 0.29) is 0 Å². The summed E-state index contributed by atoms with van der Waals surface area (Å²) in [7, 11) is 0.